The third-order valence-electron chi connectivity index (χ3n) is 9.13. The van der Waals surface area contributed by atoms with Crippen molar-refractivity contribution in [1.29, 1.82) is 0 Å². The van der Waals surface area contributed by atoms with Gasteiger partial charge in [-0.1, -0.05) is 0 Å². The number of aliphatic imine (C=N–C) groups is 1. The number of aliphatic carboxylic acids is 4. The minimum Gasteiger partial charge on any atom is -0.480 e. The van der Waals surface area contributed by atoms with Gasteiger partial charge in [0.15, 0.2) is 0 Å². The molecule has 63 heavy (non-hydrogen) atoms. The fourth-order valence-electron chi connectivity index (χ4n) is 5.99. The molecule has 1 aliphatic rings. The molecule has 0 radical (unpaired) electrons. The number of ether oxygens (including phenoxy) is 2. The highest BCUT2D eigenvalue weighted by Gasteiger charge is 2.43. The predicted octanol–water partition coefficient (Wildman–Crippen LogP) is -2.66. The second kappa shape index (κ2) is 36.0. The van der Waals surface area contributed by atoms with Crippen molar-refractivity contribution in [3.05, 3.63) is 0 Å². The molecule has 0 bridgehead atoms. The summed E-state index contributed by atoms with van der Waals surface area (Å²) in [5.41, 5.74) is 10.6. The summed E-state index contributed by atoms with van der Waals surface area (Å²) in [6.45, 7) is 0.299. The number of thioether (sulfide) groups is 4. The van der Waals surface area contributed by atoms with Crippen molar-refractivity contribution >= 4 is 82.7 Å². The van der Waals surface area contributed by atoms with Gasteiger partial charge in [-0.3, -0.25) is 43.7 Å². The van der Waals surface area contributed by atoms with E-state index in [4.69, 9.17) is 20.9 Å². The van der Waals surface area contributed by atoms with E-state index in [1.807, 2.05) is 0 Å². The highest BCUT2D eigenvalue weighted by molar-refractivity contribution is 8.00. The van der Waals surface area contributed by atoms with Crippen molar-refractivity contribution in [2.45, 2.75) is 61.6 Å². The van der Waals surface area contributed by atoms with Crippen molar-refractivity contribution in [3.63, 3.8) is 0 Å². The minimum atomic E-state index is -1.43. The van der Waals surface area contributed by atoms with Crippen molar-refractivity contribution in [3.8, 4) is 0 Å². The van der Waals surface area contributed by atoms with Crippen LogP contribution in [0.25, 0.3) is 0 Å². The summed E-state index contributed by atoms with van der Waals surface area (Å²) >= 11 is 6.04. The van der Waals surface area contributed by atoms with Gasteiger partial charge in [-0.05, 0) is 42.9 Å². The fourth-order valence-corrected chi connectivity index (χ4v) is 9.26. The number of rotatable bonds is 40. The Kier molecular flexibility index (Phi) is 33.6. The van der Waals surface area contributed by atoms with Gasteiger partial charge < -0.3 is 67.1 Å². The van der Waals surface area contributed by atoms with E-state index in [-0.39, 0.29) is 44.9 Å². The molecule has 1 rings (SSSR count). The van der Waals surface area contributed by atoms with Crippen LogP contribution in [-0.2, 0) is 33.4 Å². The molecule has 0 aromatic carbocycles. The third kappa shape index (κ3) is 28.5. The van der Waals surface area contributed by atoms with E-state index in [0.717, 1.165) is 41.9 Å². The first-order valence-electron chi connectivity index (χ1n) is 20.6. The van der Waals surface area contributed by atoms with Crippen molar-refractivity contribution in [1.82, 2.24) is 20.0 Å². The smallest absolute Gasteiger partial charge is 0.320 e. The quantitative estimate of drug-likeness (QED) is 0.0170. The Labute approximate surface area is 385 Å². The Morgan fingerprint density at radius 1 is 0.730 bits per heavy atom. The van der Waals surface area contributed by atoms with Crippen LogP contribution in [0.3, 0.4) is 0 Å². The molecule has 22 nitrogen and oxygen atoms in total. The van der Waals surface area contributed by atoms with Crippen LogP contribution < -0.4 is 16.8 Å². The SMILES string of the molecule is NCCSCCCC(C(=O)O)N(CCN(CCN(CC(=O)O)CC(=O)NCCSCCCOCCCSCCN=C(N)CSC1O[C@H](CO)[C@@H](O)[C@H](O)[C@@H]1O)CC(=O)O)CC(=O)O. The van der Waals surface area contributed by atoms with Crippen LogP contribution in [0.2, 0.25) is 0 Å². The van der Waals surface area contributed by atoms with E-state index in [0.29, 0.717) is 62.4 Å². The molecule has 1 fully saturated rings. The van der Waals surface area contributed by atoms with Crippen LogP contribution >= 0.6 is 47.0 Å². The van der Waals surface area contributed by atoms with E-state index in [2.05, 4.69) is 10.3 Å². The topological polar surface area (TPSA) is 352 Å². The summed E-state index contributed by atoms with van der Waals surface area (Å²) in [6, 6.07) is -1.10. The van der Waals surface area contributed by atoms with Gasteiger partial charge in [0.05, 0.1) is 38.5 Å². The molecule has 26 heteroatoms. The summed E-state index contributed by atoms with van der Waals surface area (Å²) in [6.07, 6.45) is -2.75. The molecule has 0 spiro atoms. The maximum atomic E-state index is 12.7. The molecule has 2 unspecified atom stereocenters. The second-order valence-corrected chi connectivity index (χ2v) is 19.1. The number of hydrogen-bond donors (Lipinski definition) is 11. The van der Waals surface area contributed by atoms with Gasteiger partial charge in [-0.15, -0.1) is 11.8 Å². The summed E-state index contributed by atoms with van der Waals surface area (Å²) in [7, 11) is 0. The average molecular weight is 980 g/mol. The Balaban J connectivity index is 2.31. The molecule has 1 heterocycles. The summed E-state index contributed by atoms with van der Waals surface area (Å²) in [5.74, 6) is -0.121. The molecule has 1 aliphatic heterocycles. The first-order valence-corrected chi connectivity index (χ1v) is 25.2. The average Bonchev–Trinajstić information content (AvgIpc) is 3.22. The van der Waals surface area contributed by atoms with E-state index in [9.17, 15) is 64.8 Å². The Morgan fingerprint density at radius 3 is 1.94 bits per heavy atom. The number of aliphatic hydroxyl groups excluding tert-OH is 4. The molecule has 366 valence electrons. The molecule has 0 aromatic heterocycles. The first-order chi connectivity index (χ1) is 30.1. The van der Waals surface area contributed by atoms with Crippen LogP contribution in [0, 0.1) is 0 Å². The van der Waals surface area contributed by atoms with E-state index in [1.54, 1.807) is 35.3 Å². The zero-order chi connectivity index (χ0) is 47.0. The number of nitrogens with two attached hydrogens (primary N) is 2. The van der Waals surface area contributed by atoms with Crippen molar-refractivity contribution in [2.24, 2.45) is 16.5 Å². The van der Waals surface area contributed by atoms with Crippen molar-refractivity contribution in [2.75, 3.05) is 132 Å². The standard InChI is InChI=1S/C37H69N7O15S4/c38-5-17-60-14-1-4-26(36(56)57)44(23-32(51)52)11-10-42(21-30(47)48)8-9-43(22-31(49)50)20-29(46)41-7-19-62-16-3-13-58-12-2-15-61-18-6-40-28(39)25-63-37-35(55)34(54)33(53)27(24-45)59-37/h26-27,33-35,37,45,53-55H,1-25,38H2,(H2,39,40)(H,41,46)(H,47,48)(H,49,50)(H,51,52)(H,56,57)/t26?,27-,33-,34+,35+,37?/m1/s1. The molecule has 0 aliphatic carbocycles. The Bertz CT molecular complexity index is 1350. The summed E-state index contributed by atoms with van der Waals surface area (Å²) in [4.78, 5) is 68.0. The lowest BCUT2D eigenvalue weighted by Gasteiger charge is -2.39. The Hall–Kier alpha value is -2.18. The van der Waals surface area contributed by atoms with Gasteiger partial charge in [0.2, 0.25) is 5.91 Å². The number of hydrogen-bond acceptors (Lipinski definition) is 20. The lowest BCUT2D eigenvalue weighted by Crippen LogP contribution is -2.57. The second-order valence-electron chi connectivity index (χ2n) is 14.3. The summed E-state index contributed by atoms with van der Waals surface area (Å²) in [5, 5.41) is 80.2. The van der Waals surface area contributed by atoms with E-state index >= 15 is 0 Å². The number of carbonyl (C=O) groups excluding carboxylic acids is 1. The maximum Gasteiger partial charge on any atom is 0.320 e. The Morgan fingerprint density at radius 2 is 1.32 bits per heavy atom. The molecular weight excluding hydrogens is 911 g/mol. The molecule has 0 saturated carbocycles. The van der Waals surface area contributed by atoms with Crippen LogP contribution in [-0.4, -0.2) is 259 Å². The zero-order valence-corrected chi connectivity index (χ0v) is 38.9. The predicted molar refractivity (Wildman–Crippen MR) is 245 cm³/mol. The highest BCUT2D eigenvalue weighted by atomic mass is 32.2. The maximum absolute atomic E-state index is 12.7. The van der Waals surface area contributed by atoms with E-state index < -0.39 is 91.9 Å². The third-order valence-corrected chi connectivity index (χ3v) is 13.5. The van der Waals surface area contributed by atoms with Crippen LogP contribution in [0.4, 0.5) is 0 Å². The van der Waals surface area contributed by atoms with Crippen molar-refractivity contribution < 1.29 is 74.3 Å². The molecule has 1 saturated heterocycles. The van der Waals surface area contributed by atoms with Gasteiger partial charge in [-0.25, -0.2) is 0 Å². The number of nitrogens with zero attached hydrogens (tertiary/aromatic N) is 4. The highest BCUT2D eigenvalue weighted by Crippen LogP contribution is 2.28. The number of amides is 1. The molecular formula is C37H69N7O15S4. The van der Waals surface area contributed by atoms with Crippen LogP contribution in [0.1, 0.15) is 25.7 Å². The number of carbonyl (C=O) groups is 5. The van der Waals surface area contributed by atoms with E-state index in [1.165, 1.54) is 14.7 Å². The number of carboxylic acid groups (broad SMARTS) is 4. The number of amidine groups is 1. The van der Waals surface area contributed by atoms with Crippen LogP contribution in [0.5, 0.6) is 0 Å². The monoisotopic (exact) mass is 979 g/mol. The fraction of sp³-hybridized carbons (Fsp3) is 0.838. The van der Waals surface area contributed by atoms with Gasteiger partial charge >= 0.3 is 23.9 Å². The molecule has 1 amide bonds. The van der Waals surface area contributed by atoms with Gasteiger partial charge in [-0.2, -0.15) is 35.3 Å². The molecule has 0 aromatic rings. The minimum absolute atomic E-state index is 0.00352. The number of carboxylic acids is 4. The molecule has 13 N–H and O–H groups in total. The van der Waals surface area contributed by atoms with Gasteiger partial charge in [0.25, 0.3) is 0 Å². The largest absolute Gasteiger partial charge is 0.480 e. The van der Waals surface area contributed by atoms with Crippen LogP contribution in [0.15, 0.2) is 4.99 Å². The normalized spacial score (nSPS) is 19.7. The van der Waals surface area contributed by atoms with Gasteiger partial charge in [0.1, 0.15) is 41.7 Å². The van der Waals surface area contributed by atoms with Gasteiger partial charge in [0, 0.05) is 76.3 Å². The first kappa shape index (κ1) is 58.8. The number of nitrogens with one attached hydrogen (secondary N) is 1. The number of aliphatic hydroxyl groups is 4. The lowest BCUT2D eigenvalue weighted by atomic mass is 10.0. The zero-order valence-electron chi connectivity index (χ0n) is 35.7. The molecule has 6 atom stereocenters. The lowest BCUT2D eigenvalue weighted by molar-refractivity contribution is -0.205. The summed E-state index contributed by atoms with van der Waals surface area (Å²) < 4.78 is 11.2.